The molecule has 15 rings (SSSR count). The minimum Gasteiger partial charge on any atom is -0.310 e. The quantitative estimate of drug-likeness (QED) is 0.111. The Morgan fingerprint density at radius 1 is 0.303 bits per heavy atom. The lowest BCUT2D eigenvalue weighted by Gasteiger charge is -2.35. The van der Waals surface area contributed by atoms with Crippen molar-refractivity contribution in [2.24, 2.45) is 5.92 Å². The molecule has 0 N–H and O–H groups in total. The van der Waals surface area contributed by atoms with Gasteiger partial charge in [-0.25, -0.2) is 0 Å². The number of nitrogens with zero attached hydrogens (tertiary/aromatic N) is 2. The molecule has 356 valence electrons. The van der Waals surface area contributed by atoms with Crippen molar-refractivity contribution in [1.29, 1.82) is 0 Å². The van der Waals surface area contributed by atoms with Crippen molar-refractivity contribution in [3.63, 3.8) is 0 Å². The number of hydrogen-bond donors (Lipinski definition) is 0. The van der Waals surface area contributed by atoms with E-state index in [0.29, 0.717) is 5.92 Å². The molecular formula is C74H50N2. The summed E-state index contributed by atoms with van der Waals surface area (Å²) in [6.07, 6.45) is 14.8. The van der Waals surface area contributed by atoms with Crippen LogP contribution in [0.15, 0.2) is 296 Å². The predicted molar refractivity (Wildman–Crippen MR) is 326 cm³/mol. The zero-order valence-corrected chi connectivity index (χ0v) is 41.8. The first-order valence-electron chi connectivity index (χ1n) is 26.5. The number of hydrogen-bond acceptors (Lipinski definition) is 2. The van der Waals surface area contributed by atoms with Crippen LogP contribution >= 0.6 is 0 Å². The molecule has 13 aromatic rings. The van der Waals surface area contributed by atoms with Crippen LogP contribution in [0.4, 0.5) is 28.4 Å². The minimum absolute atomic E-state index is 0.338. The van der Waals surface area contributed by atoms with Gasteiger partial charge in [0.15, 0.2) is 0 Å². The second-order valence-electron chi connectivity index (χ2n) is 20.5. The topological polar surface area (TPSA) is 6.48 Å². The van der Waals surface area contributed by atoms with Crippen LogP contribution < -0.4 is 9.80 Å². The third-order valence-corrected chi connectivity index (χ3v) is 16.0. The number of fused-ring (bicyclic) bond motifs is 8. The fourth-order valence-corrected chi connectivity index (χ4v) is 12.1. The van der Waals surface area contributed by atoms with Gasteiger partial charge in [0.1, 0.15) is 0 Å². The Bertz CT molecular complexity index is 4570. The second-order valence-corrected chi connectivity index (χ2v) is 20.5. The molecule has 0 heterocycles. The van der Waals surface area contributed by atoms with Crippen LogP contribution in [0.3, 0.4) is 0 Å². The molecular weight excluding hydrogens is 917 g/mol. The van der Waals surface area contributed by atoms with E-state index in [9.17, 15) is 0 Å². The summed E-state index contributed by atoms with van der Waals surface area (Å²) in [7, 11) is 0. The van der Waals surface area contributed by atoms with E-state index in [1.165, 1.54) is 70.6 Å². The van der Waals surface area contributed by atoms with Crippen LogP contribution in [-0.2, 0) is 0 Å². The van der Waals surface area contributed by atoms with Crippen molar-refractivity contribution >= 4 is 104 Å². The van der Waals surface area contributed by atoms with Gasteiger partial charge in [0.05, 0.1) is 11.4 Å². The Balaban J connectivity index is 1.10. The van der Waals surface area contributed by atoms with Gasteiger partial charge in [0.25, 0.3) is 0 Å². The lowest BCUT2D eigenvalue weighted by molar-refractivity contribution is 0.769. The first-order chi connectivity index (χ1) is 37.6. The van der Waals surface area contributed by atoms with Gasteiger partial charge in [-0.15, -0.1) is 0 Å². The minimum atomic E-state index is 0.338. The molecule has 0 aliphatic heterocycles. The van der Waals surface area contributed by atoms with Gasteiger partial charge in [0, 0.05) is 50.2 Å². The lowest BCUT2D eigenvalue weighted by Crippen LogP contribution is -2.20. The van der Waals surface area contributed by atoms with Crippen LogP contribution in [0.25, 0.3) is 97.7 Å². The van der Waals surface area contributed by atoms with E-state index in [4.69, 9.17) is 0 Å². The first kappa shape index (κ1) is 43.8. The fraction of sp³-hybridized carbons (Fsp3) is 0.0270. The molecule has 2 aliphatic rings. The summed E-state index contributed by atoms with van der Waals surface area (Å²) in [4.78, 5) is 5.12. The SMILES string of the molecule is C1=CC2=CC(N(c3ccc4ccccc4c3)c3c4cc(-c5ccc6ccccc6c5)ccc4c(N(c4ccc5ccccc5c4)c4ccc5ccccc5c4)c4cc(-c5ccc6ccccc6c5)ccc34)=CCC2C=C1. The summed E-state index contributed by atoms with van der Waals surface area (Å²) < 4.78 is 0. The standard InChI is InChI=1S/C74H50N2/c1-7-19-55-41-61(27-25-49(55)13-1)63-33-39-69-71(47-63)73(75(65-35-29-51-15-3-9-21-57(51)43-65)66-36-30-52-16-4-10-22-58(52)44-66)70-40-34-64(62-28-26-50-14-2-8-20-56(50)42-62)48-72(70)74(69)76(67-37-31-53-17-5-11-23-59(53)45-67)68-38-32-54-18-6-12-24-60(54)46-68/h1-31,33-48,54H,32H2. The summed E-state index contributed by atoms with van der Waals surface area (Å²) in [6.45, 7) is 0. The molecule has 0 saturated heterocycles. The fourth-order valence-electron chi connectivity index (χ4n) is 12.1. The summed E-state index contributed by atoms with van der Waals surface area (Å²) in [5, 5.41) is 16.7. The molecule has 1 unspecified atom stereocenters. The van der Waals surface area contributed by atoms with Gasteiger partial charge in [0.2, 0.25) is 0 Å². The van der Waals surface area contributed by atoms with Crippen molar-refractivity contribution in [3.05, 3.63) is 296 Å². The molecule has 0 radical (unpaired) electrons. The van der Waals surface area contributed by atoms with Crippen molar-refractivity contribution in [2.45, 2.75) is 6.42 Å². The van der Waals surface area contributed by atoms with Gasteiger partial charge in [-0.3, -0.25) is 0 Å². The van der Waals surface area contributed by atoms with Gasteiger partial charge in [-0.1, -0.05) is 218 Å². The Kier molecular flexibility index (Phi) is 10.4. The largest absolute Gasteiger partial charge is 0.310 e. The lowest BCUT2D eigenvalue weighted by atomic mass is 9.86. The average Bonchev–Trinajstić information content (AvgIpc) is 3.51. The highest BCUT2D eigenvalue weighted by Crippen LogP contribution is 2.53. The van der Waals surface area contributed by atoms with E-state index in [0.717, 1.165) is 73.2 Å². The van der Waals surface area contributed by atoms with E-state index in [1.807, 2.05) is 0 Å². The summed E-state index contributed by atoms with van der Waals surface area (Å²) >= 11 is 0. The van der Waals surface area contributed by atoms with Gasteiger partial charge >= 0.3 is 0 Å². The number of anilines is 5. The highest BCUT2D eigenvalue weighted by molar-refractivity contribution is 6.24. The van der Waals surface area contributed by atoms with Crippen molar-refractivity contribution < 1.29 is 0 Å². The zero-order valence-electron chi connectivity index (χ0n) is 41.8. The third kappa shape index (κ3) is 7.57. The Morgan fingerprint density at radius 3 is 1.13 bits per heavy atom. The molecule has 2 nitrogen and oxygen atoms in total. The predicted octanol–water partition coefficient (Wildman–Crippen LogP) is 20.7. The maximum absolute atomic E-state index is 2.58. The van der Waals surface area contributed by atoms with Gasteiger partial charge in [-0.2, -0.15) is 0 Å². The Hall–Kier alpha value is -9.76. The molecule has 0 saturated carbocycles. The van der Waals surface area contributed by atoms with Gasteiger partial charge in [-0.05, 0) is 155 Å². The van der Waals surface area contributed by atoms with Crippen LogP contribution in [-0.4, -0.2) is 0 Å². The van der Waals surface area contributed by atoms with Gasteiger partial charge < -0.3 is 9.80 Å². The molecule has 0 bridgehead atoms. The highest BCUT2D eigenvalue weighted by atomic mass is 15.2. The molecule has 13 aromatic carbocycles. The monoisotopic (exact) mass is 966 g/mol. The molecule has 76 heavy (non-hydrogen) atoms. The molecule has 2 aliphatic carbocycles. The molecule has 0 amide bonds. The molecule has 2 heteroatoms. The van der Waals surface area contributed by atoms with Crippen molar-refractivity contribution in [3.8, 4) is 22.3 Å². The maximum Gasteiger partial charge on any atom is 0.0620 e. The smallest absolute Gasteiger partial charge is 0.0620 e. The zero-order chi connectivity index (χ0) is 50.1. The second kappa shape index (κ2) is 18.0. The highest BCUT2D eigenvalue weighted by Gasteiger charge is 2.29. The maximum atomic E-state index is 2.58. The van der Waals surface area contributed by atoms with E-state index in [-0.39, 0.29) is 0 Å². The third-order valence-electron chi connectivity index (χ3n) is 16.0. The van der Waals surface area contributed by atoms with E-state index in [2.05, 4.69) is 295 Å². The average molecular weight is 967 g/mol. The van der Waals surface area contributed by atoms with Crippen molar-refractivity contribution in [1.82, 2.24) is 0 Å². The molecule has 0 spiro atoms. The molecule has 0 aromatic heterocycles. The van der Waals surface area contributed by atoms with Crippen LogP contribution in [0.5, 0.6) is 0 Å². The van der Waals surface area contributed by atoms with E-state index in [1.54, 1.807) is 0 Å². The van der Waals surface area contributed by atoms with Crippen LogP contribution in [0, 0.1) is 5.92 Å². The van der Waals surface area contributed by atoms with E-state index >= 15 is 0 Å². The molecule has 1 atom stereocenters. The first-order valence-corrected chi connectivity index (χ1v) is 26.5. The number of rotatable bonds is 8. The van der Waals surface area contributed by atoms with Crippen molar-refractivity contribution in [2.75, 3.05) is 9.80 Å². The molecule has 0 fully saturated rings. The summed E-state index contributed by atoms with van der Waals surface area (Å²) in [5.41, 5.74) is 12.7. The van der Waals surface area contributed by atoms with E-state index < -0.39 is 0 Å². The Labute approximate surface area is 442 Å². The summed E-state index contributed by atoms with van der Waals surface area (Å²) in [5.74, 6) is 0.338. The normalized spacial score (nSPS) is 14.2. The number of allylic oxidation sites excluding steroid dienone is 7. The number of benzene rings is 13. The summed E-state index contributed by atoms with van der Waals surface area (Å²) in [6, 6.07) is 92.7. The Morgan fingerprint density at radius 2 is 0.671 bits per heavy atom. The van der Waals surface area contributed by atoms with Crippen LogP contribution in [0.1, 0.15) is 6.42 Å². The van der Waals surface area contributed by atoms with Crippen LogP contribution in [0.2, 0.25) is 0 Å².